The van der Waals surface area contributed by atoms with Crippen LogP contribution in [0.4, 0.5) is 5.69 Å². The van der Waals surface area contributed by atoms with Gasteiger partial charge in [0.2, 0.25) is 5.91 Å². The number of hydrogen-bond donors (Lipinski definition) is 1. The van der Waals surface area contributed by atoms with Gasteiger partial charge in [0.25, 0.3) is 0 Å². The van der Waals surface area contributed by atoms with Crippen molar-refractivity contribution in [3.05, 3.63) is 40.3 Å². The van der Waals surface area contributed by atoms with E-state index in [0.717, 1.165) is 45.1 Å². The van der Waals surface area contributed by atoms with Gasteiger partial charge in [-0.15, -0.1) is 21.5 Å². The van der Waals surface area contributed by atoms with E-state index in [1.807, 2.05) is 41.8 Å². The summed E-state index contributed by atoms with van der Waals surface area (Å²) < 4.78 is 2.01. The first kappa shape index (κ1) is 19.8. The van der Waals surface area contributed by atoms with Crippen molar-refractivity contribution in [3.63, 3.8) is 0 Å². The van der Waals surface area contributed by atoms with Crippen molar-refractivity contribution in [3.8, 4) is 0 Å². The van der Waals surface area contributed by atoms with Crippen molar-refractivity contribution in [1.29, 1.82) is 0 Å². The average Bonchev–Trinajstić information content (AvgIpc) is 3.34. The summed E-state index contributed by atoms with van der Waals surface area (Å²) in [5.41, 5.74) is 4.15. The number of para-hydroxylation sites is 1. The maximum absolute atomic E-state index is 12.5. The van der Waals surface area contributed by atoms with Crippen LogP contribution in [-0.2, 0) is 17.6 Å². The molecule has 1 aromatic carbocycles. The first-order valence-electron chi connectivity index (χ1n) is 9.87. The van der Waals surface area contributed by atoms with E-state index in [9.17, 15) is 4.79 Å². The molecule has 1 aliphatic rings. The maximum atomic E-state index is 12.5. The van der Waals surface area contributed by atoms with Crippen LogP contribution in [0.5, 0.6) is 0 Å². The Kier molecular flexibility index (Phi) is 5.43. The molecule has 0 saturated carbocycles. The lowest BCUT2D eigenvalue weighted by Crippen LogP contribution is -2.15. The summed E-state index contributed by atoms with van der Waals surface area (Å²) in [6.07, 6.45) is 6.69. The summed E-state index contributed by atoms with van der Waals surface area (Å²) in [5, 5.41) is 14.7. The quantitative estimate of drug-likeness (QED) is 0.338. The number of fused-ring (bicyclic) bond motifs is 5. The van der Waals surface area contributed by atoms with Gasteiger partial charge in [0.15, 0.2) is 16.0 Å². The minimum Gasteiger partial charge on any atom is -0.325 e. The van der Waals surface area contributed by atoms with Gasteiger partial charge in [-0.2, -0.15) is 0 Å². The Labute approximate surface area is 186 Å². The van der Waals surface area contributed by atoms with E-state index < -0.39 is 0 Å². The first-order valence-corrected chi connectivity index (χ1v) is 12.9. The highest BCUT2D eigenvalue weighted by molar-refractivity contribution is 8.00. The van der Waals surface area contributed by atoms with Crippen LogP contribution in [-0.4, -0.2) is 37.5 Å². The average molecular weight is 456 g/mol. The summed E-state index contributed by atoms with van der Waals surface area (Å²) in [4.78, 5) is 19.9. The lowest BCUT2D eigenvalue weighted by molar-refractivity contribution is -0.113. The molecule has 0 aliphatic heterocycles. The van der Waals surface area contributed by atoms with Crippen molar-refractivity contribution in [1.82, 2.24) is 19.6 Å². The third kappa shape index (κ3) is 3.48. The molecule has 4 aromatic rings. The molecule has 3 aromatic heterocycles. The van der Waals surface area contributed by atoms with Crippen molar-refractivity contribution >= 4 is 62.3 Å². The van der Waals surface area contributed by atoms with E-state index in [0.29, 0.717) is 5.16 Å². The Morgan fingerprint density at radius 2 is 2.03 bits per heavy atom. The molecule has 0 fully saturated rings. The monoisotopic (exact) mass is 455 g/mol. The topological polar surface area (TPSA) is 72.2 Å². The van der Waals surface area contributed by atoms with Gasteiger partial charge in [0.05, 0.1) is 11.1 Å². The Morgan fingerprint density at radius 3 is 2.87 bits per heavy atom. The predicted octanol–water partition coefficient (Wildman–Crippen LogP) is 4.98. The molecule has 1 aliphatic carbocycles. The molecule has 1 N–H and O–H groups in total. The highest BCUT2D eigenvalue weighted by Crippen LogP contribution is 2.39. The molecule has 30 heavy (non-hydrogen) atoms. The van der Waals surface area contributed by atoms with Crippen LogP contribution in [0.2, 0.25) is 0 Å². The Bertz CT molecular complexity index is 1260. The van der Waals surface area contributed by atoms with Gasteiger partial charge in [-0.1, -0.05) is 41.7 Å². The summed E-state index contributed by atoms with van der Waals surface area (Å²) in [6, 6.07) is 7.78. The minimum absolute atomic E-state index is 0.0568. The zero-order chi connectivity index (χ0) is 20.7. The number of thioether (sulfide) groups is 2. The fraction of sp³-hybridized carbons (Fsp3) is 0.333. The number of nitrogens with zero attached hydrogens (tertiary/aromatic N) is 4. The maximum Gasteiger partial charge on any atom is 0.234 e. The van der Waals surface area contributed by atoms with Crippen molar-refractivity contribution in [2.75, 3.05) is 17.3 Å². The van der Waals surface area contributed by atoms with Crippen LogP contribution < -0.4 is 5.32 Å². The van der Waals surface area contributed by atoms with E-state index in [1.54, 1.807) is 23.1 Å². The summed E-state index contributed by atoms with van der Waals surface area (Å²) in [7, 11) is 0. The van der Waals surface area contributed by atoms with Crippen molar-refractivity contribution in [2.24, 2.45) is 0 Å². The van der Waals surface area contributed by atoms with Crippen LogP contribution in [0.15, 0.2) is 34.6 Å². The first-order chi connectivity index (χ1) is 14.7. The molecule has 3 heterocycles. The van der Waals surface area contributed by atoms with E-state index in [2.05, 4.69) is 15.5 Å². The Morgan fingerprint density at radius 1 is 1.20 bits per heavy atom. The number of aromatic nitrogens is 4. The number of amides is 1. The smallest absolute Gasteiger partial charge is 0.234 e. The van der Waals surface area contributed by atoms with E-state index in [-0.39, 0.29) is 11.7 Å². The lowest BCUT2D eigenvalue weighted by atomic mass is 9.97. The molecule has 0 saturated heterocycles. The Balaban J connectivity index is 1.46. The SMILES string of the molecule is CSc1nc2sc3c(c2c2nnc(SCC(=O)Nc4ccccc4C)n12)CCCC3. The van der Waals surface area contributed by atoms with E-state index in [1.165, 1.54) is 35.0 Å². The number of anilines is 1. The normalized spacial score (nSPS) is 13.7. The Hall–Kier alpha value is -2.10. The standard InChI is InChI=1S/C21H21N5OS3/c1-12-7-3-5-9-14(12)22-16(27)11-29-21-25-24-18-17-13-8-4-6-10-15(13)30-19(17)23-20(28-2)26(18)21/h3,5,7,9H,4,6,8,10-11H2,1-2H3,(H,22,27). The van der Waals surface area contributed by atoms with Gasteiger partial charge in [0.1, 0.15) is 4.83 Å². The number of nitrogens with one attached hydrogen (secondary N) is 1. The number of rotatable bonds is 5. The zero-order valence-corrected chi connectivity index (χ0v) is 19.2. The molecule has 9 heteroatoms. The van der Waals surface area contributed by atoms with E-state index >= 15 is 0 Å². The third-order valence-electron chi connectivity index (χ3n) is 5.33. The molecular formula is C21H21N5OS3. The van der Waals surface area contributed by atoms with Crippen molar-refractivity contribution < 1.29 is 4.79 Å². The van der Waals surface area contributed by atoms with Gasteiger partial charge in [-0.25, -0.2) is 9.38 Å². The summed E-state index contributed by atoms with van der Waals surface area (Å²) >= 11 is 4.77. The van der Waals surface area contributed by atoms with Crippen LogP contribution >= 0.6 is 34.9 Å². The number of benzene rings is 1. The summed E-state index contributed by atoms with van der Waals surface area (Å²) in [6.45, 7) is 1.98. The second-order valence-corrected chi connectivity index (χ2v) is 10.1. The predicted molar refractivity (Wildman–Crippen MR) is 125 cm³/mol. The van der Waals surface area contributed by atoms with Crippen LogP contribution in [0.25, 0.3) is 15.9 Å². The fourth-order valence-electron chi connectivity index (χ4n) is 3.86. The molecule has 0 atom stereocenters. The lowest BCUT2D eigenvalue weighted by Gasteiger charge is -2.11. The number of hydrogen-bond acceptors (Lipinski definition) is 7. The molecule has 0 bridgehead atoms. The van der Waals surface area contributed by atoms with Gasteiger partial charge < -0.3 is 5.32 Å². The second-order valence-electron chi connectivity index (χ2n) is 7.28. The molecule has 0 unspecified atom stereocenters. The van der Waals surface area contributed by atoms with E-state index in [4.69, 9.17) is 4.98 Å². The largest absolute Gasteiger partial charge is 0.325 e. The highest BCUT2D eigenvalue weighted by Gasteiger charge is 2.23. The molecule has 5 rings (SSSR count). The number of aryl methyl sites for hydroxylation is 3. The summed E-state index contributed by atoms with van der Waals surface area (Å²) in [5.74, 6) is 0.210. The number of carbonyl (C=O) groups is 1. The van der Waals surface area contributed by atoms with Gasteiger partial charge >= 0.3 is 0 Å². The second kappa shape index (κ2) is 8.20. The number of thiophene rings is 1. The zero-order valence-electron chi connectivity index (χ0n) is 16.8. The molecule has 0 radical (unpaired) electrons. The van der Waals surface area contributed by atoms with Crippen LogP contribution in [0.3, 0.4) is 0 Å². The fourth-order valence-corrected chi connectivity index (χ4v) is 6.50. The third-order valence-corrected chi connectivity index (χ3v) is 8.09. The number of carbonyl (C=O) groups excluding carboxylic acids is 1. The van der Waals surface area contributed by atoms with Gasteiger partial charge in [-0.3, -0.25) is 4.79 Å². The van der Waals surface area contributed by atoms with Gasteiger partial charge in [0, 0.05) is 10.6 Å². The van der Waals surface area contributed by atoms with Crippen molar-refractivity contribution in [2.45, 2.75) is 42.9 Å². The molecule has 1 amide bonds. The van der Waals surface area contributed by atoms with Crippen LogP contribution in [0.1, 0.15) is 28.8 Å². The molecule has 6 nitrogen and oxygen atoms in total. The molecule has 154 valence electrons. The highest BCUT2D eigenvalue weighted by atomic mass is 32.2. The molecule has 0 spiro atoms. The van der Waals surface area contributed by atoms with Gasteiger partial charge in [-0.05, 0) is 56.1 Å². The van der Waals surface area contributed by atoms with Crippen LogP contribution in [0, 0.1) is 6.92 Å². The molecular weight excluding hydrogens is 434 g/mol. The minimum atomic E-state index is -0.0568.